The molecule has 30 heavy (non-hydrogen) atoms. The molecule has 3 rings (SSSR count). The zero-order chi connectivity index (χ0) is 22.5. The van der Waals surface area contributed by atoms with Crippen LogP contribution in [0.15, 0.2) is 54.8 Å². The molecule has 160 valence electrons. The molecule has 0 spiro atoms. The standard InChI is InChI=1S/C23H25FN2O2.C2H6/c1-5-6-7-21-16(4)22-19(13-25-26(22)15(2)3)12-23(21,28)11-18-10-20(24)9-8-17(18)14-27;1-2/h5-10,13-15,28H,1,11-12H2,2-4H3;1-2H3/b7-6-;. The molecule has 0 radical (unpaired) electrons. The number of fused-ring (bicyclic) bond motifs is 1. The van der Waals surface area contributed by atoms with Crippen molar-refractivity contribution in [1.29, 1.82) is 0 Å². The van der Waals surface area contributed by atoms with Crippen LogP contribution in [0.25, 0.3) is 5.57 Å². The number of carbonyl (C=O) groups is 1. The highest BCUT2D eigenvalue weighted by atomic mass is 19.1. The van der Waals surface area contributed by atoms with Crippen LogP contribution in [0.3, 0.4) is 0 Å². The highest BCUT2D eigenvalue weighted by Gasteiger charge is 2.39. The van der Waals surface area contributed by atoms with Gasteiger partial charge in [0.05, 0.1) is 17.5 Å². The van der Waals surface area contributed by atoms with E-state index in [9.17, 15) is 14.3 Å². The number of aliphatic hydroxyl groups is 1. The second-order valence-corrected chi connectivity index (χ2v) is 7.54. The van der Waals surface area contributed by atoms with E-state index in [-0.39, 0.29) is 12.5 Å². The Hall–Kier alpha value is -2.79. The summed E-state index contributed by atoms with van der Waals surface area (Å²) < 4.78 is 15.8. The number of carbonyl (C=O) groups excluding carboxylic acids is 1. The number of aldehydes is 1. The van der Waals surface area contributed by atoms with Crippen LogP contribution in [0, 0.1) is 5.82 Å². The summed E-state index contributed by atoms with van der Waals surface area (Å²) in [5.41, 5.74) is 3.15. The first-order valence-corrected chi connectivity index (χ1v) is 10.3. The molecule has 5 heteroatoms. The fourth-order valence-corrected chi connectivity index (χ4v) is 3.98. The molecular weight excluding hydrogens is 379 g/mol. The van der Waals surface area contributed by atoms with Gasteiger partial charge in [0.15, 0.2) is 0 Å². The Morgan fingerprint density at radius 1 is 1.37 bits per heavy atom. The summed E-state index contributed by atoms with van der Waals surface area (Å²) in [5.74, 6) is -0.433. The van der Waals surface area contributed by atoms with Gasteiger partial charge < -0.3 is 5.11 Å². The van der Waals surface area contributed by atoms with Gasteiger partial charge in [-0.3, -0.25) is 9.48 Å². The lowest BCUT2D eigenvalue weighted by atomic mass is 9.74. The van der Waals surface area contributed by atoms with Gasteiger partial charge in [0.1, 0.15) is 12.1 Å². The molecule has 0 amide bonds. The van der Waals surface area contributed by atoms with E-state index in [0.29, 0.717) is 23.8 Å². The molecule has 1 aliphatic carbocycles. The van der Waals surface area contributed by atoms with Crippen LogP contribution in [-0.2, 0) is 12.8 Å². The quantitative estimate of drug-likeness (QED) is 0.506. The van der Waals surface area contributed by atoms with Crippen molar-refractivity contribution in [1.82, 2.24) is 9.78 Å². The lowest BCUT2D eigenvalue weighted by Crippen LogP contribution is -2.39. The lowest BCUT2D eigenvalue weighted by molar-refractivity contribution is 0.0810. The van der Waals surface area contributed by atoms with Gasteiger partial charge in [0, 0.05) is 30.0 Å². The van der Waals surface area contributed by atoms with Gasteiger partial charge in [0.2, 0.25) is 0 Å². The van der Waals surface area contributed by atoms with E-state index < -0.39 is 11.4 Å². The van der Waals surface area contributed by atoms with Crippen molar-refractivity contribution in [2.45, 2.75) is 59.1 Å². The molecule has 0 saturated heterocycles. The van der Waals surface area contributed by atoms with E-state index in [0.717, 1.165) is 22.4 Å². The topological polar surface area (TPSA) is 55.1 Å². The Morgan fingerprint density at radius 3 is 2.67 bits per heavy atom. The predicted octanol–water partition coefficient (Wildman–Crippen LogP) is 5.49. The van der Waals surface area contributed by atoms with Crippen molar-refractivity contribution in [3.63, 3.8) is 0 Å². The van der Waals surface area contributed by atoms with Crippen LogP contribution in [0.2, 0.25) is 0 Å². The van der Waals surface area contributed by atoms with E-state index in [1.54, 1.807) is 18.3 Å². The minimum atomic E-state index is -1.28. The molecule has 0 bridgehead atoms. The first-order chi connectivity index (χ1) is 14.3. The molecule has 0 saturated carbocycles. The average molecular weight is 411 g/mol. The number of hydrogen-bond acceptors (Lipinski definition) is 3. The van der Waals surface area contributed by atoms with Crippen molar-refractivity contribution < 1.29 is 14.3 Å². The minimum absolute atomic E-state index is 0.124. The van der Waals surface area contributed by atoms with Crippen molar-refractivity contribution >= 4 is 11.9 Å². The van der Waals surface area contributed by atoms with E-state index in [1.807, 2.05) is 31.5 Å². The molecule has 1 atom stereocenters. The summed E-state index contributed by atoms with van der Waals surface area (Å²) >= 11 is 0. The highest BCUT2D eigenvalue weighted by Crippen LogP contribution is 2.41. The number of allylic oxidation sites excluding steroid dienone is 3. The van der Waals surface area contributed by atoms with Gasteiger partial charge >= 0.3 is 0 Å². The number of hydrogen-bond donors (Lipinski definition) is 1. The van der Waals surface area contributed by atoms with Crippen molar-refractivity contribution in [2.75, 3.05) is 0 Å². The number of benzene rings is 1. The summed E-state index contributed by atoms with van der Waals surface area (Å²) in [6, 6.07) is 4.20. The fraction of sp³-hybridized carbons (Fsp3) is 0.360. The second kappa shape index (κ2) is 9.81. The van der Waals surface area contributed by atoms with Crippen LogP contribution in [0.5, 0.6) is 0 Å². The Balaban J connectivity index is 0.00000155. The highest BCUT2D eigenvalue weighted by molar-refractivity contribution is 5.78. The van der Waals surface area contributed by atoms with E-state index in [1.165, 1.54) is 18.2 Å². The minimum Gasteiger partial charge on any atom is -0.384 e. The van der Waals surface area contributed by atoms with Crippen LogP contribution in [0.4, 0.5) is 4.39 Å². The SMILES string of the molecule is C=C/C=C\C1=C(C)c2c(cnn2C(C)C)CC1(O)Cc1cc(F)ccc1C=O.CC. The van der Waals surface area contributed by atoms with Gasteiger partial charge in [-0.1, -0.05) is 38.7 Å². The summed E-state index contributed by atoms with van der Waals surface area (Å²) in [4.78, 5) is 11.4. The van der Waals surface area contributed by atoms with Gasteiger partial charge in [0.25, 0.3) is 0 Å². The van der Waals surface area contributed by atoms with E-state index in [4.69, 9.17) is 0 Å². The molecule has 1 aromatic heterocycles. The first-order valence-electron chi connectivity index (χ1n) is 10.3. The second-order valence-electron chi connectivity index (χ2n) is 7.54. The van der Waals surface area contributed by atoms with E-state index >= 15 is 0 Å². The maximum Gasteiger partial charge on any atom is 0.150 e. The van der Waals surface area contributed by atoms with Crippen molar-refractivity contribution in [2.24, 2.45) is 0 Å². The largest absolute Gasteiger partial charge is 0.384 e. The van der Waals surface area contributed by atoms with Gasteiger partial charge in [-0.2, -0.15) is 5.10 Å². The van der Waals surface area contributed by atoms with Gasteiger partial charge in [-0.05, 0) is 55.7 Å². The molecule has 1 aliphatic rings. The molecule has 1 aromatic carbocycles. The molecule has 1 N–H and O–H groups in total. The average Bonchev–Trinajstić information content (AvgIpc) is 3.13. The Morgan fingerprint density at radius 2 is 2.07 bits per heavy atom. The summed E-state index contributed by atoms with van der Waals surface area (Å²) in [6.45, 7) is 13.8. The number of aromatic nitrogens is 2. The van der Waals surface area contributed by atoms with E-state index in [2.05, 4.69) is 25.5 Å². The van der Waals surface area contributed by atoms with Crippen molar-refractivity contribution in [3.8, 4) is 0 Å². The predicted molar refractivity (Wildman–Crippen MR) is 120 cm³/mol. The van der Waals surface area contributed by atoms with Crippen LogP contribution in [0.1, 0.15) is 67.8 Å². The number of rotatable bonds is 6. The summed E-state index contributed by atoms with van der Waals surface area (Å²) in [5, 5.41) is 16.2. The Kier molecular flexibility index (Phi) is 7.68. The van der Waals surface area contributed by atoms with Gasteiger partial charge in [-0.15, -0.1) is 0 Å². The third kappa shape index (κ3) is 4.51. The Bertz CT molecular complexity index is 985. The summed E-state index contributed by atoms with van der Waals surface area (Å²) in [7, 11) is 0. The maximum atomic E-state index is 13.8. The zero-order valence-corrected chi connectivity index (χ0v) is 18.4. The Labute approximate surface area is 178 Å². The molecular formula is C25H31FN2O2. The fourth-order valence-electron chi connectivity index (χ4n) is 3.98. The summed E-state index contributed by atoms with van der Waals surface area (Å²) in [6.07, 6.45) is 8.19. The normalized spacial score (nSPS) is 18.3. The lowest BCUT2D eigenvalue weighted by Gasteiger charge is -2.36. The first kappa shape index (κ1) is 23.5. The molecule has 4 nitrogen and oxygen atoms in total. The number of nitrogens with zero attached hydrogens (tertiary/aromatic N) is 2. The molecule has 1 heterocycles. The van der Waals surface area contributed by atoms with Crippen LogP contribution in [-0.4, -0.2) is 26.8 Å². The molecule has 2 aromatic rings. The molecule has 0 aliphatic heterocycles. The van der Waals surface area contributed by atoms with Gasteiger partial charge in [-0.25, -0.2) is 4.39 Å². The smallest absolute Gasteiger partial charge is 0.150 e. The van der Waals surface area contributed by atoms with Crippen LogP contribution < -0.4 is 0 Å². The maximum absolute atomic E-state index is 13.8. The van der Waals surface area contributed by atoms with Crippen LogP contribution >= 0.6 is 0 Å². The third-order valence-electron chi connectivity index (χ3n) is 5.22. The zero-order valence-electron chi connectivity index (χ0n) is 18.4. The molecule has 1 unspecified atom stereocenters. The number of halogens is 1. The third-order valence-corrected chi connectivity index (χ3v) is 5.22. The monoisotopic (exact) mass is 410 g/mol. The molecule has 0 fully saturated rings. The van der Waals surface area contributed by atoms with Crippen molar-refractivity contribution in [3.05, 3.63) is 83.0 Å².